The predicted octanol–water partition coefficient (Wildman–Crippen LogP) is 11.3. The smallest absolute Gasteiger partial charge is 0.420 e. The largest absolute Gasteiger partial charge is 0.475 e. The Labute approximate surface area is 334 Å². The van der Waals surface area contributed by atoms with Crippen LogP contribution in [0.25, 0.3) is 0 Å². The molecule has 6 rings (SSSR count). The number of carbonyl (C=O) groups excluding carboxylic acids is 2. The van der Waals surface area contributed by atoms with Gasteiger partial charge in [0.1, 0.15) is 22.7 Å². The minimum absolute atomic E-state index is 0.0180. The molecule has 2 heterocycles. The van der Waals surface area contributed by atoms with E-state index in [-0.39, 0.29) is 45.7 Å². The first kappa shape index (κ1) is 43.9. The SMILES string of the molecule is CC(CC12CC(NC(=O)OC(C)(C)C)(C1)C2)Oc1cc(N(C(=O)OC(C)(C)C)c2cc([C@H]3CC[C@@H](O[Si](C)(C)C(C)(C)C)C3)nn2C(C)(C)C)cc(C(F)F)n1. The molecule has 0 aromatic carbocycles. The van der Waals surface area contributed by atoms with Gasteiger partial charge in [0, 0.05) is 29.7 Å². The zero-order valence-electron chi connectivity index (χ0n) is 36.5. The molecule has 0 spiro atoms. The number of amides is 2. The van der Waals surface area contributed by atoms with Crippen LogP contribution in [0.3, 0.4) is 0 Å². The molecule has 0 radical (unpaired) electrons. The molecule has 4 saturated carbocycles. The number of nitrogens with zero attached hydrogens (tertiary/aromatic N) is 4. The number of rotatable bonds is 11. The Balaban J connectivity index is 1.43. The molecule has 1 N–H and O–H groups in total. The summed E-state index contributed by atoms with van der Waals surface area (Å²) in [5.41, 5.74) is -1.92. The van der Waals surface area contributed by atoms with Gasteiger partial charge in [0.05, 0.1) is 23.0 Å². The molecule has 56 heavy (non-hydrogen) atoms. The fourth-order valence-electron chi connectivity index (χ4n) is 8.33. The maximum atomic E-state index is 14.6. The lowest BCUT2D eigenvalue weighted by Crippen LogP contribution is -2.75. The summed E-state index contributed by atoms with van der Waals surface area (Å²) in [6.07, 6.45) is 1.26. The molecule has 2 aromatic rings. The second-order valence-corrected chi connectivity index (χ2v) is 26.1. The maximum Gasteiger partial charge on any atom is 0.420 e. The fraction of sp³-hybridized carbons (Fsp3) is 0.762. The summed E-state index contributed by atoms with van der Waals surface area (Å²) in [4.78, 5) is 32.2. The van der Waals surface area contributed by atoms with E-state index in [1.165, 1.54) is 17.0 Å². The van der Waals surface area contributed by atoms with Crippen LogP contribution in [0.2, 0.25) is 18.1 Å². The molecule has 4 aliphatic carbocycles. The third-order valence-corrected chi connectivity index (χ3v) is 16.0. The molecule has 2 aromatic heterocycles. The van der Waals surface area contributed by atoms with Crippen LogP contribution in [0.4, 0.5) is 29.9 Å². The number of alkyl halides is 2. The zero-order valence-corrected chi connectivity index (χ0v) is 37.5. The van der Waals surface area contributed by atoms with Crippen molar-refractivity contribution in [1.82, 2.24) is 20.1 Å². The van der Waals surface area contributed by atoms with Gasteiger partial charge < -0.3 is 24.0 Å². The molecule has 3 atom stereocenters. The van der Waals surface area contributed by atoms with Crippen molar-refractivity contribution in [2.24, 2.45) is 5.41 Å². The van der Waals surface area contributed by atoms with E-state index in [0.29, 0.717) is 12.2 Å². The van der Waals surface area contributed by atoms with E-state index in [9.17, 15) is 18.4 Å². The quantitative estimate of drug-likeness (QED) is 0.223. The average molecular weight is 804 g/mol. The third kappa shape index (κ3) is 10.1. The highest BCUT2D eigenvalue weighted by Gasteiger charge is 2.68. The molecule has 4 aliphatic rings. The van der Waals surface area contributed by atoms with E-state index in [1.54, 1.807) is 25.5 Å². The molecule has 0 saturated heterocycles. The van der Waals surface area contributed by atoms with Gasteiger partial charge in [0.25, 0.3) is 6.43 Å². The van der Waals surface area contributed by atoms with Crippen LogP contribution < -0.4 is 15.0 Å². The second-order valence-electron chi connectivity index (χ2n) is 21.3. The van der Waals surface area contributed by atoms with Crippen LogP contribution in [-0.2, 0) is 19.4 Å². The number of halogens is 2. The van der Waals surface area contributed by atoms with Crippen molar-refractivity contribution in [2.45, 2.75) is 200 Å². The molecule has 11 nitrogen and oxygen atoms in total. The van der Waals surface area contributed by atoms with Crippen LogP contribution >= 0.6 is 0 Å². The van der Waals surface area contributed by atoms with Gasteiger partial charge in [0.2, 0.25) is 5.88 Å². The summed E-state index contributed by atoms with van der Waals surface area (Å²) in [6.45, 7) is 29.9. The van der Waals surface area contributed by atoms with E-state index in [0.717, 1.165) is 44.2 Å². The van der Waals surface area contributed by atoms with Gasteiger partial charge in [-0.05, 0) is 144 Å². The number of carbonyl (C=O) groups is 2. The fourth-order valence-corrected chi connectivity index (χ4v) is 9.73. The number of anilines is 2. The van der Waals surface area contributed by atoms with Crippen molar-refractivity contribution < 1.29 is 37.0 Å². The summed E-state index contributed by atoms with van der Waals surface area (Å²) in [5, 5.41) is 8.21. The second kappa shape index (κ2) is 14.8. The lowest BCUT2D eigenvalue weighted by Gasteiger charge is -2.71. The number of aromatic nitrogens is 3. The Morgan fingerprint density at radius 2 is 1.55 bits per heavy atom. The van der Waals surface area contributed by atoms with Crippen molar-refractivity contribution in [3.8, 4) is 5.88 Å². The topological polar surface area (TPSA) is 117 Å². The monoisotopic (exact) mass is 803 g/mol. The molecule has 2 bridgehead atoms. The standard InChI is InChI=1S/C42H67F2N5O6Si/c1-26(22-41-23-42(24-41,25-41)46-35(50)53-38(5,6)7)52-32-20-28(19-31(45-32)34(43)44)48(36(51)54-39(8,9)10)33-21-30(47-49(33)37(2,3)4)27-16-17-29(18-27)55-56(14,15)40(11,12)13/h19-21,26-27,29,34H,16-18,22-25H2,1-15H3,(H,46,50)/t26?,27-,29+,41?,42?/m0/s1. The normalized spacial score (nSPS) is 24.6. The van der Waals surface area contributed by atoms with Crippen molar-refractivity contribution in [3.63, 3.8) is 0 Å². The van der Waals surface area contributed by atoms with Crippen molar-refractivity contribution in [1.29, 1.82) is 0 Å². The number of pyridine rings is 1. The summed E-state index contributed by atoms with van der Waals surface area (Å²) in [6, 6.07) is 4.64. The van der Waals surface area contributed by atoms with Gasteiger partial charge in [-0.2, -0.15) is 5.10 Å². The van der Waals surface area contributed by atoms with Gasteiger partial charge >= 0.3 is 12.2 Å². The Morgan fingerprint density at radius 1 is 0.946 bits per heavy atom. The highest BCUT2D eigenvalue weighted by molar-refractivity contribution is 6.74. The van der Waals surface area contributed by atoms with Crippen molar-refractivity contribution in [3.05, 3.63) is 29.6 Å². The molecular weight excluding hydrogens is 737 g/mol. The predicted molar refractivity (Wildman–Crippen MR) is 217 cm³/mol. The van der Waals surface area contributed by atoms with E-state index >= 15 is 0 Å². The van der Waals surface area contributed by atoms with Gasteiger partial charge in [-0.25, -0.2) is 32.9 Å². The Bertz CT molecular complexity index is 1750. The van der Waals surface area contributed by atoms with Gasteiger partial charge in [-0.15, -0.1) is 0 Å². The highest BCUT2D eigenvalue weighted by atomic mass is 28.4. The zero-order chi connectivity index (χ0) is 42.0. The van der Waals surface area contributed by atoms with Crippen LogP contribution in [0.15, 0.2) is 18.2 Å². The van der Waals surface area contributed by atoms with E-state index in [2.05, 4.69) is 44.2 Å². The van der Waals surface area contributed by atoms with Crippen LogP contribution in [-0.4, -0.2) is 64.2 Å². The first-order chi connectivity index (χ1) is 25.4. The summed E-state index contributed by atoms with van der Waals surface area (Å²) >= 11 is 0. The molecule has 1 unspecified atom stereocenters. The minimum Gasteiger partial charge on any atom is -0.475 e. The minimum atomic E-state index is -2.93. The number of hydrogen-bond donors (Lipinski definition) is 1. The lowest BCUT2D eigenvalue weighted by molar-refractivity contribution is -0.167. The summed E-state index contributed by atoms with van der Waals surface area (Å²) in [5.74, 6) is 0.477. The van der Waals surface area contributed by atoms with Crippen LogP contribution in [0.5, 0.6) is 5.88 Å². The molecule has 14 heteroatoms. The summed E-state index contributed by atoms with van der Waals surface area (Å²) < 4.78 is 55.4. The molecule has 314 valence electrons. The number of nitrogens with one attached hydrogen (secondary N) is 1. The molecule has 4 fully saturated rings. The molecule has 2 amide bonds. The maximum absolute atomic E-state index is 14.6. The molecular formula is C42H67F2N5O6Si. The third-order valence-electron chi connectivity index (χ3n) is 11.5. The highest BCUT2D eigenvalue weighted by Crippen LogP contribution is 2.69. The van der Waals surface area contributed by atoms with E-state index in [1.807, 2.05) is 54.5 Å². The van der Waals surface area contributed by atoms with Gasteiger partial charge in [0.15, 0.2) is 8.32 Å². The first-order valence-electron chi connectivity index (χ1n) is 20.2. The summed E-state index contributed by atoms with van der Waals surface area (Å²) in [7, 11) is -1.99. The van der Waals surface area contributed by atoms with E-state index < -0.39 is 49.4 Å². The number of ether oxygens (including phenoxy) is 3. The average Bonchev–Trinajstić information content (AvgIpc) is 3.60. The van der Waals surface area contributed by atoms with Crippen LogP contribution in [0.1, 0.15) is 159 Å². The van der Waals surface area contributed by atoms with Gasteiger partial charge in [-0.3, -0.25) is 0 Å². The Hall–Kier alpha value is -3.26. The van der Waals surface area contributed by atoms with Gasteiger partial charge in [-0.1, -0.05) is 20.8 Å². The van der Waals surface area contributed by atoms with Crippen molar-refractivity contribution in [2.75, 3.05) is 4.90 Å². The lowest BCUT2D eigenvalue weighted by atomic mass is 9.38. The first-order valence-corrected chi connectivity index (χ1v) is 23.1. The van der Waals surface area contributed by atoms with Crippen molar-refractivity contribution >= 4 is 32.0 Å². The Morgan fingerprint density at radius 3 is 2.09 bits per heavy atom. The molecule has 0 aliphatic heterocycles. The van der Waals surface area contributed by atoms with Crippen LogP contribution in [0, 0.1) is 5.41 Å². The number of alkyl carbamates (subject to hydrolysis) is 1. The number of hydrogen-bond acceptors (Lipinski definition) is 8. The van der Waals surface area contributed by atoms with E-state index in [4.69, 9.17) is 23.7 Å². The Kier molecular flexibility index (Phi) is 11.6.